The van der Waals surface area contributed by atoms with Crippen molar-refractivity contribution in [3.05, 3.63) is 0 Å². The first kappa shape index (κ1) is 11.0. The van der Waals surface area contributed by atoms with Crippen LogP contribution in [0.15, 0.2) is 0 Å². The van der Waals surface area contributed by atoms with Gasteiger partial charge in [-0.1, -0.05) is 0 Å². The predicted octanol–water partition coefficient (Wildman–Crippen LogP) is -0.454. The second-order valence-electron chi connectivity index (χ2n) is 5.72. The van der Waals surface area contributed by atoms with Crippen LogP contribution in [0.25, 0.3) is 0 Å². The summed E-state index contributed by atoms with van der Waals surface area (Å²) < 4.78 is 0. The van der Waals surface area contributed by atoms with Crippen LogP contribution in [-0.4, -0.2) is 74.7 Å². The van der Waals surface area contributed by atoms with Gasteiger partial charge in [0.15, 0.2) is 0 Å². The summed E-state index contributed by atoms with van der Waals surface area (Å²) >= 11 is 0. The van der Waals surface area contributed by atoms with Crippen molar-refractivity contribution < 1.29 is 0 Å². The van der Waals surface area contributed by atoms with Crippen LogP contribution in [0.1, 0.15) is 0 Å². The zero-order valence-electron chi connectivity index (χ0n) is 10.5. The number of nitrogens with zero attached hydrogens (tertiary/aromatic N) is 3. The number of fused-ring (bicyclic) bond motifs is 1. The highest BCUT2D eigenvalue weighted by atomic mass is 15.5. The molecule has 2 unspecified atom stereocenters. The minimum atomic E-state index is 0.993. The lowest BCUT2D eigenvalue weighted by Gasteiger charge is -2.33. The lowest BCUT2D eigenvalue weighted by molar-refractivity contribution is 0.136. The van der Waals surface area contributed by atoms with E-state index in [4.69, 9.17) is 0 Å². The summed E-state index contributed by atoms with van der Waals surface area (Å²) in [6, 6.07) is 0. The Morgan fingerprint density at radius 2 is 1.69 bits per heavy atom. The maximum absolute atomic E-state index is 3.27. The SMILES string of the molecule is CNN1CC2C(CN3CCN(C)CC3)C2C1. The van der Waals surface area contributed by atoms with Gasteiger partial charge in [-0.25, -0.2) is 5.01 Å². The maximum Gasteiger partial charge on any atom is 0.0165 e. The zero-order valence-corrected chi connectivity index (χ0v) is 10.5. The van der Waals surface area contributed by atoms with Gasteiger partial charge in [0.1, 0.15) is 0 Å². The van der Waals surface area contributed by atoms with Crippen LogP contribution in [0.3, 0.4) is 0 Å². The number of nitrogens with one attached hydrogen (secondary N) is 1. The molecule has 0 bridgehead atoms. The van der Waals surface area contributed by atoms with Crippen molar-refractivity contribution in [1.82, 2.24) is 20.2 Å². The lowest BCUT2D eigenvalue weighted by Crippen LogP contribution is -2.46. The van der Waals surface area contributed by atoms with Crippen molar-refractivity contribution in [2.24, 2.45) is 17.8 Å². The first-order valence-electron chi connectivity index (χ1n) is 6.61. The van der Waals surface area contributed by atoms with Crippen molar-refractivity contribution in [1.29, 1.82) is 0 Å². The van der Waals surface area contributed by atoms with E-state index in [9.17, 15) is 0 Å². The van der Waals surface area contributed by atoms with Crippen molar-refractivity contribution in [2.75, 3.05) is 59.9 Å². The quantitative estimate of drug-likeness (QED) is 0.701. The van der Waals surface area contributed by atoms with Gasteiger partial charge in [0, 0.05) is 45.8 Å². The molecule has 0 spiro atoms. The van der Waals surface area contributed by atoms with E-state index in [2.05, 4.69) is 27.3 Å². The number of hydrogen-bond acceptors (Lipinski definition) is 4. The molecule has 0 aromatic carbocycles. The molecule has 2 heterocycles. The van der Waals surface area contributed by atoms with E-state index in [-0.39, 0.29) is 0 Å². The minimum Gasteiger partial charge on any atom is -0.304 e. The van der Waals surface area contributed by atoms with Gasteiger partial charge in [0.05, 0.1) is 0 Å². The molecule has 2 saturated heterocycles. The first-order valence-corrected chi connectivity index (χ1v) is 6.61. The molecule has 2 aliphatic heterocycles. The fourth-order valence-corrected chi connectivity index (χ4v) is 3.43. The Labute approximate surface area is 98.5 Å². The van der Waals surface area contributed by atoms with Crippen molar-refractivity contribution in [2.45, 2.75) is 0 Å². The van der Waals surface area contributed by atoms with E-state index in [0.29, 0.717) is 0 Å². The van der Waals surface area contributed by atoms with E-state index < -0.39 is 0 Å². The second-order valence-corrected chi connectivity index (χ2v) is 5.72. The first-order chi connectivity index (χ1) is 7.78. The molecule has 4 heteroatoms. The minimum absolute atomic E-state index is 0.993. The standard InChI is InChI=1S/C12H24N4/c1-13-16-8-11-10(12(11)9-16)7-15-5-3-14(2)4-6-15/h10-13H,3-9H2,1-2H3. The molecular weight excluding hydrogens is 200 g/mol. The Bertz CT molecular complexity index is 237. The highest BCUT2D eigenvalue weighted by Crippen LogP contribution is 2.51. The average molecular weight is 224 g/mol. The summed E-state index contributed by atoms with van der Waals surface area (Å²) in [7, 11) is 4.27. The number of piperidine rings is 1. The third-order valence-electron chi connectivity index (χ3n) is 4.75. The Balaban J connectivity index is 1.42. The van der Waals surface area contributed by atoms with Gasteiger partial charge in [-0.15, -0.1) is 0 Å². The van der Waals surface area contributed by atoms with Crippen LogP contribution in [0.2, 0.25) is 0 Å². The van der Waals surface area contributed by atoms with Gasteiger partial charge in [-0.05, 0) is 31.8 Å². The van der Waals surface area contributed by atoms with Crippen molar-refractivity contribution >= 4 is 0 Å². The molecule has 3 aliphatic rings. The third kappa shape index (κ3) is 1.99. The van der Waals surface area contributed by atoms with Crippen molar-refractivity contribution in [3.63, 3.8) is 0 Å². The number of hydrogen-bond donors (Lipinski definition) is 1. The summed E-state index contributed by atoms with van der Waals surface area (Å²) in [6.07, 6.45) is 0. The second kappa shape index (κ2) is 4.26. The van der Waals surface area contributed by atoms with Gasteiger partial charge in [0.25, 0.3) is 0 Å². The molecule has 2 atom stereocenters. The molecule has 1 aliphatic carbocycles. The summed E-state index contributed by atoms with van der Waals surface area (Å²) in [5.41, 5.74) is 3.27. The molecule has 1 N–H and O–H groups in total. The van der Waals surface area contributed by atoms with E-state index in [0.717, 1.165) is 17.8 Å². The smallest absolute Gasteiger partial charge is 0.0165 e. The lowest BCUT2D eigenvalue weighted by atomic mass is 10.2. The summed E-state index contributed by atoms with van der Waals surface area (Å²) in [4.78, 5) is 5.11. The Morgan fingerprint density at radius 1 is 1.06 bits per heavy atom. The zero-order chi connectivity index (χ0) is 11.1. The number of rotatable bonds is 3. The van der Waals surface area contributed by atoms with Crippen LogP contribution in [0.5, 0.6) is 0 Å². The summed E-state index contributed by atoms with van der Waals surface area (Å²) in [5, 5.41) is 2.37. The third-order valence-corrected chi connectivity index (χ3v) is 4.75. The molecule has 92 valence electrons. The number of piperazine rings is 1. The monoisotopic (exact) mass is 224 g/mol. The van der Waals surface area contributed by atoms with Crippen LogP contribution >= 0.6 is 0 Å². The molecule has 16 heavy (non-hydrogen) atoms. The molecular formula is C12H24N4. The van der Waals surface area contributed by atoms with E-state index in [1.165, 1.54) is 45.8 Å². The highest BCUT2D eigenvalue weighted by Gasteiger charge is 2.55. The van der Waals surface area contributed by atoms with Gasteiger partial charge in [0.2, 0.25) is 0 Å². The maximum atomic E-state index is 3.27. The van der Waals surface area contributed by atoms with Gasteiger partial charge < -0.3 is 9.80 Å². The molecule has 3 rings (SSSR count). The van der Waals surface area contributed by atoms with Crippen LogP contribution in [0, 0.1) is 17.8 Å². The van der Waals surface area contributed by atoms with E-state index in [1.54, 1.807) is 0 Å². The fraction of sp³-hybridized carbons (Fsp3) is 1.00. The van der Waals surface area contributed by atoms with Gasteiger partial charge in [-0.2, -0.15) is 0 Å². The molecule has 1 saturated carbocycles. The van der Waals surface area contributed by atoms with Crippen LogP contribution in [0.4, 0.5) is 0 Å². The topological polar surface area (TPSA) is 21.8 Å². The molecule has 0 radical (unpaired) electrons. The van der Waals surface area contributed by atoms with E-state index in [1.807, 2.05) is 7.05 Å². The Kier molecular flexibility index (Phi) is 2.92. The fourth-order valence-electron chi connectivity index (χ4n) is 3.43. The normalized spacial score (nSPS) is 41.2. The van der Waals surface area contributed by atoms with E-state index >= 15 is 0 Å². The van der Waals surface area contributed by atoms with Crippen LogP contribution < -0.4 is 5.43 Å². The highest BCUT2D eigenvalue weighted by molar-refractivity contribution is 5.05. The summed E-state index contributed by atoms with van der Waals surface area (Å²) in [6.45, 7) is 8.99. The molecule has 0 aromatic heterocycles. The molecule has 3 fully saturated rings. The largest absolute Gasteiger partial charge is 0.304 e. The predicted molar refractivity (Wildman–Crippen MR) is 65.0 cm³/mol. The molecule has 0 amide bonds. The Morgan fingerprint density at radius 3 is 2.25 bits per heavy atom. The number of likely N-dealkylation sites (N-methyl/N-ethyl adjacent to an activating group) is 1. The number of hydrazine groups is 1. The van der Waals surface area contributed by atoms with Crippen molar-refractivity contribution in [3.8, 4) is 0 Å². The van der Waals surface area contributed by atoms with Crippen LogP contribution in [-0.2, 0) is 0 Å². The molecule has 0 aromatic rings. The van der Waals surface area contributed by atoms with Gasteiger partial charge in [-0.3, -0.25) is 5.43 Å². The molecule has 4 nitrogen and oxygen atoms in total. The van der Waals surface area contributed by atoms with Gasteiger partial charge >= 0.3 is 0 Å². The summed E-state index contributed by atoms with van der Waals surface area (Å²) in [5.74, 6) is 2.99. The average Bonchev–Trinajstić information content (AvgIpc) is 2.77. The Hall–Kier alpha value is -0.160.